The fourth-order valence-corrected chi connectivity index (χ4v) is 4.16. The van der Waals surface area contributed by atoms with E-state index >= 15 is 0 Å². The highest BCUT2D eigenvalue weighted by Gasteiger charge is 2.35. The zero-order chi connectivity index (χ0) is 20.9. The predicted molar refractivity (Wildman–Crippen MR) is 117 cm³/mol. The molecule has 1 aliphatic heterocycles. The monoisotopic (exact) mass is 421 g/mol. The number of aromatic nitrogens is 1. The number of ether oxygens (including phenoxy) is 1. The molecule has 0 unspecified atom stereocenters. The lowest BCUT2D eigenvalue weighted by atomic mass is 10.1. The van der Waals surface area contributed by atoms with Gasteiger partial charge in [0.05, 0.1) is 5.69 Å². The Morgan fingerprint density at radius 1 is 1.17 bits per heavy atom. The Kier molecular flexibility index (Phi) is 6.09. The van der Waals surface area contributed by atoms with Gasteiger partial charge in [0.1, 0.15) is 12.6 Å². The summed E-state index contributed by atoms with van der Waals surface area (Å²) in [7, 11) is 0. The van der Waals surface area contributed by atoms with E-state index in [2.05, 4.69) is 10.3 Å². The van der Waals surface area contributed by atoms with Crippen molar-refractivity contribution in [2.24, 2.45) is 0 Å². The van der Waals surface area contributed by atoms with E-state index in [1.54, 1.807) is 0 Å². The topological polar surface area (TPSA) is 71.5 Å². The molecule has 1 atom stereocenters. The van der Waals surface area contributed by atoms with Gasteiger partial charge in [-0.3, -0.25) is 9.69 Å². The largest absolute Gasteiger partial charge is 0.445 e. The molecule has 30 heavy (non-hydrogen) atoms. The number of benzene rings is 2. The van der Waals surface area contributed by atoms with Gasteiger partial charge in [-0.15, -0.1) is 11.3 Å². The van der Waals surface area contributed by atoms with E-state index in [0.717, 1.165) is 23.2 Å². The van der Waals surface area contributed by atoms with Crippen LogP contribution in [-0.4, -0.2) is 34.5 Å². The summed E-state index contributed by atoms with van der Waals surface area (Å²) < 4.78 is 5.41. The minimum atomic E-state index is -0.542. The second-order valence-electron chi connectivity index (χ2n) is 7.28. The second kappa shape index (κ2) is 9.09. The molecule has 154 valence electrons. The maximum atomic E-state index is 12.8. The minimum Gasteiger partial charge on any atom is -0.445 e. The van der Waals surface area contributed by atoms with Gasteiger partial charge in [-0.1, -0.05) is 60.2 Å². The molecular weight excluding hydrogens is 398 g/mol. The molecule has 2 heterocycles. The fraction of sp³-hybridized carbons (Fsp3) is 0.261. The summed E-state index contributed by atoms with van der Waals surface area (Å²) in [5, 5.41) is 5.31. The van der Waals surface area contributed by atoms with E-state index in [1.165, 1.54) is 21.8 Å². The number of thiazole rings is 1. The van der Waals surface area contributed by atoms with Gasteiger partial charge in [0.25, 0.3) is 0 Å². The number of carbonyl (C=O) groups is 2. The van der Waals surface area contributed by atoms with Crippen molar-refractivity contribution in [2.75, 3.05) is 11.9 Å². The number of hydrogen-bond acceptors (Lipinski definition) is 5. The molecule has 1 aromatic heterocycles. The maximum Gasteiger partial charge on any atom is 0.410 e. The highest BCUT2D eigenvalue weighted by molar-refractivity contribution is 7.14. The summed E-state index contributed by atoms with van der Waals surface area (Å²) in [5.41, 5.74) is 3.92. The van der Waals surface area contributed by atoms with Crippen molar-refractivity contribution >= 4 is 28.5 Å². The van der Waals surface area contributed by atoms with Gasteiger partial charge in [0.15, 0.2) is 5.13 Å². The average Bonchev–Trinajstić information content (AvgIpc) is 3.43. The van der Waals surface area contributed by atoms with Crippen LogP contribution in [0.15, 0.2) is 60.0 Å². The molecule has 1 saturated heterocycles. The van der Waals surface area contributed by atoms with E-state index < -0.39 is 12.1 Å². The maximum absolute atomic E-state index is 12.8. The Balaban J connectivity index is 1.36. The number of carbonyl (C=O) groups excluding carboxylic acids is 2. The van der Waals surface area contributed by atoms with Crippen LogP contribution in [0.3, 0.4) is 0 Å². The first-order valence-corrected chi connectivity index (χ1v) is 10.8. The van der Waals surface area contributed by atoms with E-state index in [-0.39, 0.29) is 12.5 Å². The highest BCUT2D eigenvalue weighted by atomic mass is 32.1. The molecule has 0 spiro atoms. The molecule has 0 saturated carbocycles. The summed E-state index contributed by atoms with van der Waals surface area (Å²) in [6, 6.07) is 17.0. The molecule has 1 aliphatic rings. The van der Waals surface area contributed by atoms with Crippen molar-refractivity contribution in [3.63, 3.8) is 0 Å². The third-order valence-corrected chi connectivity index (χ3v) is 5.83. The smallest absolute Gasteiger partial charge is 0.410 e. The van der Waals surface area contributed by atoms with Crippen LogP contribution in [0.25, 0.3) is 11.3 Å². The third kappa shape index (κ3) is 4.68. The SMILES string of the molecule is Cc1ccc(-c2csc(NC(=O)[C@H]3CCCN3C(=O)OCc3ccccc3)n2)cc1. The van der Waals surface area contributed by atoms with Crippen molar-refractivity contribution in [1.82, 2.24) is 9.88 Å². The van der Waals surface area contributed by atoms with Gasteiger partial charge in [-0.25, -0.2) is 9.78 Å². The Hall–Kier alpha value is -3.19. The van der Waals surface area contributed by atoms with Gasteiger partial charge in [-0.05, 0) is 25.3 Å². The molecule has 0 aliphatic carbocycles. The molecular formula is C23H23N3O3S. The first-order chi connectivity index (χ1) is 14.6. The molecule has 3 aromatic rings. The molecule has 2 aromatic carbocycles. The van der Waals surface area contributed by atoms with Crippen LogP contribution < -0.4 is 5.32 Å². The fourth-order valence-electron chi connectivity index (χ4n) is 3.44. The molecule has 7 heteroatoms. The van der Waals surface area contributed by atoms with Crippen LogP contribution in [0.2, 0.25) is 0 Å². The second-order valence-corrected chi connectivity index (χ2v) is 8.14. The molecule has 2 amide bonds. The Morgan fingerprint density at radius 3 is 2.70 bits per heavy atom. The zero-order valence-electron chi connectivity index (χ0n) is 16.7. The number of nitrogens with zero attached hydrogens (tertiary/aromatic N) is 2. The molecule has 1 fully saturated rings. The van der Waals surface area contributed by atoms with E-state index in [0.29, 0.717) is 18.1 Å². The summed E-state index contributed by atoms with van der Waals surface area (Å²) in [4.78, 5) is 31.3. The summed E-state index contributed by atoms with van der Waals surface area (Å²) in [5.74, 6) is -0.228. The first-order valence-electron chi connectivity index (χ1n) is 9.91. The summed E-state index contributed by atoms with van der Waals surface area (Å²) in [6.45, 7) is 2.74. The Morgan fingerprint density at radius 2 is 1.93 bits per heavy atom. The van der Waals surface area contributed by atoms with Crippen LogP contribution >= 0.6 is 11.3 Å². The predicted octanol–water partition coefficient (Wildman–Crippen LogP) is 4.86. The van der Waals surface area contributed by atoms with Gasteiger partial charge in [-0.2, -0.15) is 0 Å². The average molecular weight is 422 g/mol. The first kappa shape index (κ1) is 20.1. The van der Waals surface area contributed by atoms with Crippen LogP contribution in [0.4, 0.5) is 9.93 Å². The van der Waals surface area contributed by atoms with Crippen LogP contribution in [-0.2, 0) is 16.1 Å². The van der Waals surface area contributed by atoms with Gasteiger partial charge >= 0.3 is 6.09 Å². The minimum absolute atomic E-state index is 0.191. The van der Waals surface area contributed by atoms with E-state index in [4.69, 9.17) is 4.74 Å². The van der Waals surface area contributed by atoms with E-state index in [1.807, 2.05) is 66.9 Å². The van der Waals surface area contributed by atoms with Crippen molar-refractivity contribution < 1.29 is 14.3 Å². The lowest BCUT2D eigenvalue weighted by Gasteiger charge is -2.22. The van der Waals surface area contributed by atoms with Crippen LogP contribution in [0.5, 0.6) is 0 Å². The standard InChI is InChI=1S/C23H23N3O3S/c1-16-9-11-18(12-10-16)19-15-30-22(24-19)25-21(27)20-8-5-13-26(20)23(28)29-14-17-6-3-2-4-7-17/h2-4,6-7,9-12,15,20H,5,8,13-14H2,1H3,(H,24,25,27)/t20-/m1/s1. The summed E-state index contributed by atoms with van der Waals surface area (Å²) >= 11 is 1.38. The van der Waals surface area contributed by atoms with Crippen molar-refractivity contribution in [1.29, 1.82) is 0 Å². The number of amides is 2. The molecule has 1 N–H and O–H groups in total. The molecule has 6 nitrogen and oxygen atoms in total. The Bertz CT molecular complexity index is 1020. The normalized spacial score (nSPS) is 15.8. The number of likely N-dealkylation sites (tertiary alicyclic amines) is 1. The summed E-state index contributed by atoms with van der Waals surface area (Å²) in [6.07, 6.45) is 0.920. The number of hydrogen-bond donors (Lipinski definition) is 1. The molecule has 0 bridgehead atoms. The number of rotatable bonds is 5. The van der Waals surface area contributed by atoms with E-state index in [9.17, 15) is 9.59 Å². The molecule has 0 radical (unpaired) electrons. The van der Waals surface area contributed by atoms with Gasteiger partial charge in [0.2, 0.25) is 5.91 Å². The Labute approximate surface area is 179 Å². The number of aryl methyl sites for hydroxylation is 1. The quantitative estimate of drug-likeness (QED) is 0.639. The number of anilines is 1. The number of nitrogens with one attached hydrogen (secondary N) is 1. The van der Waals surface area contributed by atoms with Crippen LogP contribution in [0.1, 0.15) is 24.0 Å². The molecule has 4 rings (SSSR count). The van der Waals surface area contributed by atoms with Crippen LogP contribution in [0, 0.1) is 6.92 Å². The van der Waals surface area contributed by atoms with Crippen molar-refractivity contribution in [2.45, 2.75) is 32.4 Å². The lowest BCUT2D eigenvalue weighted by Crippen LogP contribution is -2.43. The van der Waals surface area contributed by atoms with Gasteiger partial charge in [0, 0.05) is 17.5 Å². The highest BCUT2D eigenvalue weighted by Crippen LogP contribution is 2.26. The lowest BCUT2D eigenvalue weighted by molar-refractivity contribution is -0.120. The van der Waals surface area contributed by atoms with Crippen molar-refractivity contribution in [3.8, 4) is 11.3 Å². The van der Waals surface area contributed by atoms with Crippen molar-refractivity contribution in [3.05, 3.63) is 71.1 Å². The van der Waals surface area contributed by atoms with Gasteiger partial charge < -0.3 is 10.1 Å². The third-order valence-electron chi connectivity index (χ3n) is 5.08. The zero-order valence-corrected chi connectivity index (χ0v) is 17.5.